The number of carbonyl (C=O) groups is 5. The third-order valence-electron chi connectivity index (χ3n) is 4.98. The predicted molar refractivity (Wildman–Crippen MR) is 124 cm³/mol. The highest BCUT2D eigenvalue weighted by Crippen LogP contribution is 2.03. The first kappa shape index (κ1) is 29.5. The SMILES string of the molecule is CC(C)C[C@H](N)C(=O)N[C@@H](C)C(=O)N[C@@H](C)C(=O)N[C@@H](CO)C(=O)N[C@@H](Cc1cnc[nH]1)C(=O)O. The van der Waals surface area contributed by atoms with Crippen LogP contribution in [0.4, 0.5) is 0 Å². The van der Waals surface area contributed by atoms with E-state index in [9.17, 15) is 34.2 Å². The first-order valence-electron chi connectivity index (χ1n) is 11.1. The number of aliphatic hydroxyl groups is 1. The number of carboxylic acids is 1. The fraction of sp³-hybridized carbons (Fsp3) is 0.619. The summed E-state index contributed by atoms with van der Waals surface area (Å²) in [5.41, 5.74) is 6.26. The molecule has 0 aliphatic heterocycles. The van der Waals surface area contributed by atoms with Gasteiger partial charge in [-0.05, 0) is 26.2 Å². The van der Waals surface area contributed by atoms with Crippen molar-refractivity contribution in [2.45, 2.75) is 70.7 Å². The zero-order chi connectivity index (χ0) is 26.7. The number of rotatable bonds is 14. The van der Waals surface area contributed by atoms with E-state index in [0.717, 1.165) is 0 Å². The second-order valence-electron chi connectivity index (χ2n) is 8.62. The van der Waals surface area contributed by atoms with Crippen molar-refractivity contribution in [3.8, 4) is 0 Å². The highest BCUT2D eigenvalue weighted by atomic mass is 16.4. The number of carbonyl (C=O) groups excluding carboxylic acids is 4. The number of nitrogens with one attached hydrogen (secondary N) is 5. The number of carboxylic acid groups (broad SMARTS) is 1. The van der Waals surface area contributed by atoms with E-state index in [1.807, 2.05) is 13.8 Å². The lowest BCUT2D eigenvalue weighted by molar-refractivity contribution is -0.142. The van der Waals surface area contributed by atoms with Gasteiger partial charge in [-0.3, -0.25) is 19.2 Å². The molecule has 4 amide bonds. The van der Waals surface area contributed by atoms with E-state index < -0.39 is 66.4 Å². The fourth-order valence-electron chi connectivity index (χ4n) is 2.98. The van der Waals surface area contributed by atoms with Crippen LogP contribution < -0.4 is 27.0 Å². The van der Waals surface area contributed by atoms with E-state index in [0.29, 0.717) is 12.1 Å². The minimum absolute atomic E-state index is 0.0932. The van der Waals surface area contributed by atoms with Crippen LogP contribution in [0.3, 0.4) is 0 Å². The highest BCUT2D eigenvalue weighted by Gasteiger charge is 2.29. The summed E-state index contributed by atoms with van der Waals surface area (Å²) >= 11 is 0. The number of aromatic amines is 1. The first-order valence-corrected chi connectivity index (χ1v) is 11.1. The molecule has 0 aliphatic rings. The summed E-state index contributed by atoms with van der Waals surface area (Å²) in [6.45, 7) is 5.77. The number of aliphatic carboxylic acids is 1. The Hall–Kier alpha value is -3.52. The normalized spacial score (nSPS) is 15.3. The molecule has 0 fully saturated rings. The predicted octanol–water partition coefficient (Wildman–Crippen LogP) is -2.62. The van der Waals surface area contributed by atoms with E-state index in [-0.39, 0.29) is 12.3 Å². The van der Waals surface area contributed by atoms with Gasteiger partial charge in [-0.15, -0.1) is 0 Å². The monoisotopic (exact) mass is 497 g/mol. The number of hydrogen-bond acceptors (Lipinski definition) is 8. The van der Waals surface area contributed by atoms with Crippen LogP contribution in [0.5, 0.6) is 0 Å². The van der Waals surface area contributed by atoms with E-state index in [2.05, 4.69) is 31.2 Å². The second-order valence-corrected chi connectivity index (χ2v) is 8.62. The molecule has 0 bridgehead atoms. The maximum absolute atomic E-state index is 12.4. The van der Waals surface area contributed by atoms with Crippen molar-refractivity contribution in [3.63, 3.8) is 0 Å². The quantitative estimate of drug-likeness (QED) is 0.134. The van der Waals surface area contributed by atoms with Gasteiger partial charge in [-0.25, -0.2) is 9.78 Å². The molecular formula is C21H35N7O7. The molecule has 1 rings (SSSR count). The van der Waals surface area contributed by atoms with Gasteiger partial charge in [0.15, 0.2) is 0 Å². The molecule has 0 saturated heterocycles. The minimum Gasteiger partial charge on any atom is -0.480 e. The Morgan fingerprint density at radius 2 is 1.46 bits per heavy atom. The highest BCUT2D eigenvalue weighted by molar-refractivity contribution is 5.95. The lowest BCUT2D eigenvalue weighted by Crippen LogP contribution is -2.58. The van der Waals surface area contributed by atoms with Crippen LogP contribution in [0.15, 0.2) is 12.5 Å². The molecule has 196 valence electrons. The number of aliphatic hydroxyl groups excluding tert-OH is 1. The Morgan fingerprint density at radius 1 is 0.914 bits per heavy atom. The van der Waals surface area contributed by atoms with Crippen molar-refractivity contribution in [2.24, 2.45) is 11.7 Å². The van der Waals surface area contributed by atoms with E-state index in [4.69, 9.17) is 5.73 Å². The molecule has 0 saturated carbocycles. The number of hydrogen-bond donors (Lipinski definition) is 8. The first-order chi connectivity index (χ1) is 16.3. The van der Waals surface area contributed by atoms with Gasteiger partial charge in [-0.1, -0.05) is 13.8 Å². The third-order valence-corrected chi connectivity index (χ3v) is 4.98. The Kier molecular flexibility index (Phi) is 11.8. The van der Waals surface area contributed by atoms with Gasteiger partial charge in [0, 0.05) is 18.3 Å². The van der Waals surface area contributed by atoms with Crippen LogP contribution in [0.25, 0.3) is 0 Å². The van der Waals surface area contributed by atoms with E-state index in [1.165, 1.54) is 26.4 Å². The molecule has 5 atom stereocenters. The lowest BCUT2D eigenvalue weighted by Gasteiger charge is -2.23. The van der Waals surface area contributed by atoms with Crippen molar-refractivity contribution < 1.29 is 34.2 Å². The van der Waals surface area contributed by atoms with Crippen LogP contribution in [0.2, 0.25) is 0 Å². The maximum Gasteiger partial charge on any atom is 0.326 e. The molecule has 14 nitrogen and oxygen atoms in total. The Morgan fingerprint density at radius 3 is 1.94 bits per heavy atom. The number of nitrogens with zero attached hydrogens (tertiary/aromatic N) is 1. The molecule has 1 aromatic rings. The average molecular weight is 498 g/mol. The molecule has 1 heterocycles. The maximum atomic E-state index is 12.4. The summed E-state index contributed by atoms with van der Waals surface area (Å²) in [5.74, 6) is -4.02. The molecule has 0 aromatic carbocycles. The molecule has 35 heavy (non-hydrogen) atoms. The molecule has 1 aromatic heterocycles. The summed E-state index contributed by atoms with van der Waals surface area (Å²) < 4.78 is 0. The van der Waals surface area contributed by atoms with Crippen LogP contribution in [-0.2, 0) is 30.4 Å². The number of H-pyrrole nitrogens is 1. The van der Waals surface area contributed by atoms with Crippen molar-refractivity contribution in [3.05, 3.63) is 18.2 Å². The third kappa shape index (κ3) is 10.1. The molecule has 0 aliphatic carbocycles. The standard InChI is InChI=1S/C21H35N7O7/c1-10(2)5-14(22)19(32)26-11(3)17(30)25-12(4)18(31)28-16(8-29)20(33)27-15(21(34)35)6-13-7-23-9-24-13/h7,9-12,14-16,29H,5-6,8,22H2,1-4H3,(H,23,24)(H,25,30)(H,26,32)(H,27,33)(H,28,31)(H,34,35)/t11-,12-,14-,15-,16-/m0/s1. The summed E-state index contributed by atoms with van der Waals surface area (Å²) in [7, 11) is 0. The van der Waals surface area contributed by atoms with Gasteiger partial charge in [0.25, 0.3) is 0 Å². The van der Waals surface area contributed by atoms with Gasteiger partial charge >= 0.3 is 5.97 Å². The largest absolute Gasteiger partial charge is 0.480 e. The molecule has 0 spiro atoms. The lowest BCUT2D eigenvalue weighted by atomic mass is 10.0. The molecular weight excluding hydrogens is 462 g/mol. The van der Waals surface area contributed by atoms with Crippen molar-refractivity contribution >= 4 is 29.6 Å². The van der Waals surface area contributed by atoms with Gasteiger partial charge < -0.3 is 42.2 Å². The van der Waals surface area contributed by atoms with Crippen molar-refractivity contribution in [1.82, 2.24) is 31.2 Å². The zero-order valence-electron chi connectivity index (χ0n) is 20.2. The van der Waals surface area contributed by atoms with Crippen LogP contribution in [-0.4, -0.2) is 86.6 Å². The van der Waals surface area contributed by atoms with Gasteiger partial charge in [0.05, 0.1) is 19.0 Å². The van der Waals surface area contributed by atoms with Gasteiger partial charge in [0.2, 0.25) is 23.6 Å². The second kappa shape index (κ2) is 14.0. The van der Waals surface area contributed by atoms with Crippen molar-refractivity contribution in [2.75, 3.05) is 6.61 Å². The van der Waals surface area contributed by atoms with Gasteiger partial charge in [-0.2, -0.15) is 0 Å². The number of nitrogens with two attached hydrogens (primary N) is 1. The fourth-order valence-corrected chi connectivity index (χ4v) is 2.98. The topological polar surface area (TPSA) is 229 Å². The van der Waals surface area contributed by atoms with Crippen molar-refractivity contribution in [1.29, 1.82) is 0 Å². The van der Waals surface area contributed by atoms with Crippen LogP contribution >= 0.6 is 0 Å². The van der Waals surface area contributed by atoms with E-state index in [1.54, 1.807) is 0 Å². The summed E-state index contributed by atoms with van der Waals surface area (Å²) in [6, 6.07) is -5.69. The summed E-state index contributed by atoms with van der Waals surface area (Å²) in [5, 5.41) is 28.3. The molecule has 9 N–H and O–H groups in total. The molecule has 14 heteroatoms. The van der Waals surface area contributed by atoms with Gasteiger partial charge in [0.1, 0.15) is 24.2 Å². The molecule has 0 radical (unpaired) electrons. The van der Waals surface area contributed by atoms with E-state index >= 15 is 0 Å². The van der Waals surface area contributed by atoms with Crippen LogP contribution in [0, 0.1) is 5.92 Å². The Bertz CT molecular complexity index is 875. The zero-order valence-corrected chi connectivity index (χ0v) is 20.2. The number of amides is 4. The van der Waals surface area contributed by atoms with Crippen LogP contribution in [0.1, 0.15) is 39.8 Å². The minimum atomic E-state index is -1.46. The Labute approximate surface area is 202 Å². The Balaban J connectivity index is 2.63. The molecule has 0 unspecified atom stereocenters. The number of aromatic nitrogens is 2. The summed E-state index contributed by atoms with van der Waals surface area (Å²) in [4.78, 5) is 67.3. The number of imidazole rings is 1. The summed E-state index contributed by atoms with van der Waals surface area (Å²) in [6.07, 6.45) is 3.10. The average Bonchev–Trinajstić information content (AvgIpc) is 3.28. The smallest absolute Gasteiger partial charge is 0.326 e.